The zero-order valence-corrected chi connectivity index (χ0v) is 18.2. The molecular formula is C25H37N. The Bertz CT molecular complexity index is 716. The predicted octanol–water partition coefficient (Wildman–Crippen LogP) is 8.10. The van der Waals surface area contributed by atoms with Gasteiger partial charge in [-0.05, 0) is 51.5 Å². The van der Waals surface area contributed by atoms with Crippen molar-refractivity contribution in [3.63, 3.8) is 0 Å². The molecule has 1 nitrogen and oxygen atoms in total. The number of para-hydroxylation sites is 1. The summed E-state index contributed by atoms with van der Waals surface area (Å²) in [6.45, 7) is 20.6. The van der Waals surface area contributed by atoms with Crippen LogP contribution in [0.2, 0.25) is 0 Å². The second kappa shape index (κ2) is 7.86. The zero-order chi connectivity index (χ0) is 19.6. The topological polar surface area (TPSA) is 12.0 Å². The monoisotopic (exact) mass is 351 g/mol. The maximum absolute atomic E-state index is 3.85. The normalized spacial score (nSPS) is 12.3. The maximum atomic E-state index is 3.85. The van der Waals surface area contributed by atoms with Crippen molar-refractivity contribution in [1.82, 2.24) is 0 Å². The highest BCUT2D eigenvalue weighted by Crippen LogP contribution is 2.39. The van der Waals surface area contributed by atoms with E-state index < -0.39 is 0 Å². The van der Waals surface area contributed by atoms with Gasteiger partial charge in [-0.2, -0.15) is 0 Å². The number of anilines is 2. The quantitative estimate of drug-likeness (QED) is 0.573. The summed E-state index contributed by atoms with van der Waals surface area (Å²) in [6, 6.07) is 13.5. The molecule has 0 fully saturated rings. The summed E-state index contributed by atoms with van der Waals surface area (Å²) in [5, 5.41) is 3.85. The van der Waals surface area contributed by atoms with Gasteiger partial charge in [-0.3, -0.25) is 0 Å². The third-order valence-electron chi connectivity index (χ3n) is 5.13. The van der Waals surface area contributed by atoms with Crippen LogP contribution >= 0.6 is 0 Å². The number of benzene rings is 2. The molecule has 0 saturated heterocycles. The van der Waals surface area contributed by atoms with Crippen molar-refractivity contribution in [2.45, 2.75) is 85.5 Å². The van der Waals surface area contributed by atoms with E-state index in [1.165, 1.54) is 33.6 Å². The molecule has 0 aliphatic rings. The van der Waals surface area contributed by atoms with Crippen LogP contribution in [-0.2, 0) is 5.41 Å². The Morgan fingerprint density at radius 3 is 1.65 bits per heavy atom. The van der Waals surface area contributed by atoms with Crippen LogP contribution in [0.1, 0.15) is 102 Å². The summed E-state index contributed by atoms with van der Waals surface area (Å²) in [4.78, 5) is 0. The van der Waals surface area contributed by atoms with Gasteiger partial charge in [-0.1, -0.05) is 92.6 Å². The van der Waals surface area contributed by atoms with Crippen LogP contribution < -0.4 is 5.32 Å². The van der Waals surface area contributed by atoms with Gasteiger partial charge < -0.3 is 5.32 Å². The zero-order valence-electron chi connectivity index (χ0n) is 18.2. The summed E-state index contributed by atoms with van der Waals surface area (Å²) < 4.78 is 0. The lowest BCUT2D eigenvalue weighted by Gasteiger charge is -2.27. The first-order valence-corrected chi connectivity index (χ1v) is 10.1. The van der Waals surface area contributed by atoms with Gasteiger partial charge in [0.2, 0.25) is 0 Å². The van der Waals surface area contributed by atoms with Crippen LogP contribution in [0, 0.1) is 0 Å². The Morgan fingerprint density at radius 1 is 0.731 bits per heavy atom. The van der Waals surface area contributed by atoms with E-state index in [2.05, 4.69) is 104 Å². The number of rotatable bonds is 5. The molecule has 2 aromatic rings. The molecule has 0 atom stereocenters. The molecule has 0 amide bonds. The van der Waals surface area contributed by atoms with Crippen molar-refractivity contribution in [3.8, 4) is 0 Å². The van der Waals surface area contributed by atoms with E-state index in [0.717, 1.165) is 0 Å². The van der Waals surface area contributed by atoms with E-state index >= 15 is 0 Å². The minimum Gasteiger partial charge on any atom is -0.355 e. The van der Waals surface area contributed by atoms with Gasteiger partial charge in [0.1, 0.15) is 0 Å². The molecule has 0 aliphatic carbocycles. The fourth-order valence-electron chi connectivity index (χ4n) is 3.48. The van der Waals surface area contributed by atoms with Gasteiger partial charge in [0.05, 0.1) is 0 Å². The fraction of sp³-hybridized carbons (Fsp3) is 0.520. The number of nitrogens with one attached hydrogen (secondary N) is 1. The summed E-state index contributed by atoms with van der Waals surface area (Å²) >= 11 is 0. The molecule has 0 unspecified atom stereocenters. The van der Waals surface area contributed by atoms with E-state index in [0.29, 0.717) is 17.8 Å². The highest BCUT2D eigenvalue weighted by molar-refractivity contribution is 5.72. The molecule has 1 N–H and O–H groups in total. The lowest BCUT2D eigenvalue weighted by atomic mass is 9.84. The highest BCUT2D eigenvalue weighted by atomic mass is 14.9. The van der Waals surface area contributed by atoms with Crippen LogP contribution in [0.3, 0.4) is 0 Å². The van der Waals surface area contributed by atoms with E-state index in [1.54, 1.807) is 0 Å². The highest BCUT2D eigenvalue weighted by Gasteiger charge is 2.21. The number of hydrogen-bond donors (Lipinski definition) is 1. The third kappa shape index (κ3) is 4.50. The smallest absolute Gasteiger partial charge is 0.0454 e. The van der Waals surface area contributed by atoms with Crippen molar-refractivity contribution in [1.29, 1.82) is 0 Å². The summed E-state index contributed by atoms with van der Waals surface area (Å²) in [5.74, 6) is 1.51. The Balaban J connectivity index is 2.66. The Hall–Kier alpha value is -1.76. The number of hydrogen-bond acceptors (Lipinski definition) is 1. The van der Waals surface area contributed by atoms with Crippen LogP contribution in [0.5, 0.6) is 0 Å². The van der Waals surface area contributed by atoms with Gasteiger partial charge >= 0.3 is 0 Å². The molecule has 1 heteroatoms. The first-order valence-electron chi connectivity index (χ1n) is 10.1. The SMILES string of the molecule is CC(C)c1cc(C(C)C)c(Nc2ccccc2C(C)(C)C)c(C(C)C)c1. The molecule has 0 aromatic heterocycles. The standard InChI is InChI=1S/C25H37N/c1-16(2)19-14-20(17(3)4)24(21(15-19)18(5)6)26-23-13-11-10-12-22(23)25(7,8)9/h10-18,26H,1-9H3. The van der Waals surface area contributed by atoms with E-state index in [4.69, 9.17) is 0 Å². The Labute approximate surface area is 161 Å². The molecule has 26 heavy (non-hydrogen) atoms. The lowest BCUT2D eigenvalue weighted by Crippen LogP contribution is -2.15. The van der Waals surface area contributed by atoms with Crippen LogP contribution in [-0.4, -0.2) is 0 Å². The minimum atomic E-state index is 0.109. The van der Waals surface area contributed by atoms with E-state index in [1.807, 2.05) is 0 Å². The third-order valence-corrected chi connectivity index (χ3v) is 5.13. The predicted molar refractivity (Wildman–Crippen MR) is 117 cm³/mol. The largest absolute Gasteiger partial charge is 0.355 e. The van der Waals surface area contributed by atoms with Crippen molar-refractivity contribution in [2.75, 3.05) is 5.32 Å². The summed E-state index contributed by atoms with van der Waals surface area (Å²) in [7, 11) is 0. The van der Waals surface area contributed by atoms with Crippen molar-refractivity contribution < 1.29 is 0 Å². The second-order valence-corrected chi connectivity index (χ2v) is 9.46. The van der Waals surface area contributed by atoms with E-state index in [9.17, 15) is 0 Å². The lowest BCUT2D eigenvalue weighted by molar-refractivity contribution is 0.592. The maximum Gasteiger partial charge on any atom is 0.0454 e. The fourth-order valence-corrected chi connectivity index (χ4v) is 3.48. The van der Waals surface area contributed by atoms with Crippen LogP contribution in [0.25, 0.3) is 0 Å². The molecule has 2 rings (SSSR count). The average molecular weight is 352 g/mol. The molecule has 0 bridgehead atoms. The Morgan fingerprint density at radius 2 is 1.23 bits per heavy atom. The van der Waals surface area contributed by atoms with Crippen LogP contribution in [0.4, 0.5) is 11.4 Å². The van der Waals surface area contributed by atoms with Gasteiger partial charge in [0, 0.05) is 11.4 Å². The minimum absolute atomic E-state index is 0.109. The summed E-state index contributed by atoms with van der Waals surface area (Å²) in [5.41, 5.74) is 8.27. The molecule has 0 heterocycles. The molecule has 0 spiro atoms. The van der Waals surface area contributed by atoms with Gasteiger partial charge in [-0.15, -0.1) is 0 Å². The van der Waals surface area contributed by atoms with Gasteiger partial charge in [0.25, 0.3) is 0 Å². The molecule has 0 radical (unpaired) electrons. The molecule has 0 aliphatic heterocycles. The van der Waals surface area contributed by atoms with Gasteiger partial charge in [0.15, 0.2) is 0 Å². The molecule has 2 aromatic carbocycles. The summed E-state index contributed by atoms with van der Waals surface area (Å²) in [6.07, 6.45) is 0. The first kappa shape index (κ1) is 20.6. The van der Waals surface area contributed by atoms with Crippen LogP contribution in [0.15, 0.2) is 36.4 Å². The molecular weight excluding hydrogens is 314 g/mol. The van der Waals surface area contributed by atoms with Crippen molar-refractivity contribution in [2.24, 2.45) is 0 Å². The molecule has 0 saturated carbocycles. The van der Waals surface area contributed by atoms with E-state index in [-0.39, 0.29) is 5.41 Å². The van der Waals surface area contributed by atoms with Crippen molar-refractivity contribution in [3.05, 3.63) is 58.7 Å². The van der Waals surface area contributed by atoms with Gasteiger partial charge in [-0.25, -0.2) is 0 Å². The van der Waals surface area contributed by atoms with Crippen molar-refractivity contribution >= 4 is 11.4 Å². The molecule has 142 valence electrons. The average Bonchev–Trinajstić information content (AvgIpc) is 2.53. The second-order valence-electron chi connectivity index (χ2n) is 9.46. The first-order chi connectivity index (χ1) is 12.0. The Kier molecular flexibility index (Phi) is 6.21.